The third-order valence-electron chi connectivity index (χ3n) is 4.64. The summed E-state index contributed by atoms with van der Waals surface area (Å²) >= 11 is 0. The zero-order valence-electron chi connectivity index (χ0n) is 13.1. The largest absolute Gasteiger partial charge is 0.476 e. The minimum atomic E-state index is -1.03. The normalized spacial score (nSPS) is 15.7. The van der Waals surface area contributed by atoms with Gasteiger partial charge in [0.25, 0.3) is 0 Å². The number of hydrogen-bond acceptors (Lipinski definition) is 3. The Hall–Kier alpha value is -2.69. The highest BCUT2D eigenvalue weighted by Crippen LogP contribution is 2.49. The van der Waals surface area contributed by atoms with Crippen LogP contribution >= 0.6 is 0 Å². The average Bonchev–Trinajstić information content (AvgIpc) is 3.12. The van der Waals surface area contributed by atoms with Crippen molar-refractivity contribution < 1.29 is 9.90 Å². The van der Waals surface area contributed by atoms with Gasteiger partial charge in [-0.05, 0) is 31.2 Å². The molecule has 0 spiro atoms. The fraction of sp³-hybridized carbons (Fsp3) is 0.278. The molecule has 0 amide bonds. The summed E-state index contributed by atoms with van der Waals surface area (Å²) in [6.07, 6.45) is 3.68. The van der Waals surface area contributed by atoms with E-state index in [1.807, 2.05) is 19.1 Å². The Bertz CT molecular complexity index is 921. The molecule has 0 unspecified atom stereocenters. The van der Waals surface area contributed by atoms with Crippen molar-refractivity contribution in [3.8, 4) is 11.3 Å². The maximum absolute atomic E-state index is 11.2. The van der Waals surface area contributed by atoms with Crippen molar-refractivity contribution in [3.63, 3.8) is 0 Å². The van der Waals surface area contributed by atoms with Crippen LogP contribution in [0, 0.1) is 6.92 Å². The molecule has 5 nitrogen and oxygen atoms in total. The molecule has 23 heavy (non-hydrogen) atoms. The van der Waals surface area contributed by atoms with Crippen LogP contribution in [-0.4, -0.2) is 25.7 Å². The smallest absolute Gasteiger partial charge is 0.356 e. The summed E-state index contributed by atoms with van der Waals surface area (Å²) in [7, 11) is 0. The van der Waals surface area contributed by atoms with Gasteiger partial charge in [0.1, 0.15) is 0 Å². The Kier molecular flexibility index (Phi) is 2.82. The SMILES string of the molecule is Cc1ccc(-c2cc(C3(C)CC3)c3nc(C(=O)O)cn3n2)cc1. The lowest BCUT2D eigenvalue weighted by Gasteiger charge is -2.12. The number of hydrogen-bond donors (Lipinski definition) is 1. The van der Waals surface area contributed by atoms with Crippen molar-refractivity contribution in [3.05, 3.63) is 53.3 Å². The summed E-state index contributed by atoms with van der Waals surface area (Å²) in [6.45, 7) is 4.24. The number of rotatable bonds is 3. The van der Waals surface area contributed by atoms with Crippen LogP contribution in [0.4, 0.5) is 0 Å². The molecule has 1 aliphatic carbocycles. The number of aryl methyl sites for hydroxylation is 1. The van der Waals surface area contributed by atoms with E-state index in [4.69, 9.17) is 0 Å². The van der Waals surface area contributed by atoms with Gasteiger partial charge in [-0.25, -0.2) is 14.3 Å². The van der Waals surface area contributed by atoms with E-state index >= 15 is 0 Å². The average molecular weight is 307 g/mol. The lowest BCUT2D eigenvalue weighted by Crippen LogP contribution is -2.06. The molecule has 5 heteroatoms. The van der Waals surface area contributed by atoms with Crippen molar-refractivity contribution in [2.75, 3.05) is 0 Å². The zero-order valence-corrected chi connectivity index (χ0v) is 13.1. The molecule has 3 aromatic rings. The molecule has 1 fully saturated rings. The maximum atomic E-state index is 11.2. The summed E-state index contributed by atoms with van der Waals surface area (Å²) in [5.41, 5.74) is 4.89. The third-order valence-corrected chi connectivity index (χ3v) is 4.64. The van der Waals surface area contributed by atoms with Gasteiger partial charge in [0, 0.05) is 11.1 Å². The Morgan fingerprint density at radius 2 is 1.96 bits per heavy atom. The van der Waals surface area contributed by atoms with E-state index in [0.717, 1.165) is 29.7 Å². The van der Waals surface area contributed by atoms with Crippen molar-refractivity contribution in [2.24, 2.45) is 0 Å². The Morgan fingerprint density at radius 3 is 2.57 bits per heavy atom. The maximum Gasteiger partial charge on any atom is 0.356 e. The molecule has 2 heterocycles. The van der Waals surface area contributed by atoms with E-state index in [-0.39, 0.29) is 11.1 Å². The first kappa shape index (κ1) is 13.9. The fourth-order valence-electron chi connectivity index (χ4n) is 2.85. The quantitative estimate of drug-likeness (QED) is 0.804. The monoisotopic (exact) mass is 307 g/mol. The number of carboxylic acids is 1. The van der Waals surface area contributed by atoms with Gasteiger partial charge in [0.2, 0.25) is 0 Å². The second kappa shape index (κ2) is 4.65. The van der Waals surface area contributed by atoms with Gasteiger partial charge in [-0.1, -0.05) is 36.8 Å². The summed E-state index contributed by atoms with van der Waals surface area (Å²) in [5, 5.41) is 13.8. The third kappa shape index (κ3) is 2.29. The Morgan fingerprint density at radius 1 is 1.26 bits per heavy atom. The van der Waals surface area contributed by atoms with Crippen molar-refractivity contribution in [2.45, 2.75) is 32.1 Å². The van der Waals surface area contributed by atoms with Crippen LogP contribution < -0.4 is 0 Å². The van der Waals surface area contributed by atoms with Crippen LogP contribution in [0.15, 0.2) is 36.5 Å². The highest BCUT2D eigenvalue weighted by Gasteiger charge is 2.41. The van der Waals surface area contributed by atoms with Crippen LogP contribution in [-0.2, 0) is 5.41 Å². The van der Waals surface area contributed by atoms with Gasteiger partial charge in [0.15, 0.2) is 11.3 Å². The molecule has 2 aromatic heterocycles. The van der Waals surface area contributed by atoms with Gasteiger partial charge in [-0.15, -0.1) is 0 Å². The van der Waals surface area contributed by atoms with Gasteiger partial charge in [0.05, 0.1) is 11.9 Å². The van der Waals surface area contributed by atoms with E-state index in [1.54, 1.807) is 4.52 Å². The molecule has 0 aliphatic heterocycles. The first-order valence-corrected chi connectivity index (χ1v) is 7.67. The summed E-state index contributed by atoms with van der Waals surface area (Å²) in [6, 6.07) is 10.2. The van der Waals surface area contributed by atoms with Crippen molar-refractivity contribution in [1.82, 2.24) is 14.6 Å². The molecular formula is C18H17N3O2. The summed E-state index contributed by atoms with van der Waals surface area (Å²) in [5.74, 6) is -1.03. The number of benzene rings is 1. The Balaban J connectivity index is 1.96. The van der Waals surface area contributed by atoms with Crippen LogP contribution in [0.3, 0.4) is 0 Å². The zero-order chi connectivity index (χ0) is 16.2. The van der Waals surface area contributed by atoms with E-state index in [9.17, 15) is 9.90 Å². The molecule has 1 saturated carbocycles. The summed E-state index contributed by atoms with van der Waals surface area (Å²) in [4.78, 5) is 15.5. The van der Waals surface area contributed by atoms with Gasteiger partial charge < -0.3 is 5.11 Å². The predicted octanol–water partition coefficient (Wildman–Crippen LogP) is 3.45. The minimum Gasteiger partial charge on any atom is -0.476 e. The van der Waals surface area contributed by atoms with Crippen LogP contribution in [0.5, 0.6) is 0 Å². The lowest BCUT2D eigenvalue weighted by atomic mass is 9.98. The number of nitrogens with zero attached hydrogens (tertiary/aromatic N) is 3. The highest BCUT2D eigenvalue weighted by molar-refractivity contribution is 5.86. The topological polar surface area (TPSA) is 67.5 Å². The predicted molar refractivity (Wildman–Crippen MR) is 86.7 cm³/mol. The van der Waals surface area contributed by atoms with Gasteiger partial charge in [-0.2, -0.15) is 5.10 Å². The first-order chi connectivity index (χ1) is 11.0. The first-order valence-electron chi connectivity index (χ1n) is 7.67. The number of imidazole rings is 1. The second-order valence-corrected chi connectivity index (χ2v) is 6.57. The van der Waals surface area contributed by atoms with Gasteiger partial charge >= 0.3 is 5.97 Å². The lowest BCUT2D eigenvalue weighted by molar-refractivity contribution is 0.0691. The van der Waals surface area contributed by atoms with Crippen molar-refractivity contribution >= 4 is 11.6 Å². The molecule has 4 rings (SSSR count). The van der Waals surface area contributed by atoms with Crippen LogP contribution in [0.1, 0.15) is 41.4 Å². The van der Waals surface area contributed by atoms with Crippen LogP contribution in [0.25, 0.3) is 16.9 Å². The highest BCUT2D eigenvalue weighted by atomic mass is 16.4. The number of aromatic carboxylic acids is 1. The van der Waals surface area contributed by atoms with Crippen molar-refractivity contribution in [1.29, 1.82) is 0 Å². The molecule has 0 bridgehead atoms. The minimum absolute atomic E-state index is 0.0315. The molecular weight excluding hydrogens is 290 g/mol. The molecule has 1 aromatic carbocycles. The van der Waals surface area contributed by atoms with E-state index < -0.39 is 5.97 Å². The van der Waals surface area contributed by atoms with E-state index in [1.165, 1.54) is 11.8 Å². The number of fused-ring (bicyclic) bond motifs is 1. The Labute approximate surface area is 133 Å². The molecule has 1 aliphatic rings. The van der Waals surface area contributed by atoms with E-state index in [2.05, 4.69) is 35.2 Å². The van der Waals surface area contributed by atoms with E-state index in [0.29, 0.717) is 5.65 Å². The number of aromatic nitrogens is 3. The van der Waals surface area contributed by atoms with Crippen LogP contribution in [0.2, 0.25) is 0 Å². The summed E-state index contributed by atoms with van der Waals surface area (Å²) < 4.78 is 1.61. The second-order valence-electron chi connectivity index (χ2n) is 6.57. The number of carbonyl (C=O) groups is 1. The molecule has 1 N–H and O–H groups in total. The molecule has 0 atom stereocenters. The standard InChI is InChI=1S/C18H17N3O2/c1-11-3-5-12(6-4-11)14-9-13(18(2)7-8-18)16-19-15(17(22)23)10-21(16)20-14/h3-6,9-10H,7-8H2,1-2H3,(H,22,23). The number of carboxylic acid groups (broad SMARTS) is 1. The molecule has 116 valence electrons. The molecule has 0 saturated heterocycles. The van der Waals surface area contributed by atoms with Gasteiger partial charge in [-0.3, -0.25) is 0 Å². The fourth-order valence-corrected chi connectivity index (χ4v) is 2.85. The molecule has 0 radical (unpaired) electrons.